The molecule has 0 radical (unpaired) electrons. The predicted octanol–water partition coefficient (Wildman–Crippen LogP) is 4.76. The molecule has 1 heterocycles. The van der Waals surface area contributed by atoms with Crippen LogP contribution in [0.15, 0.2) is 48.5 Å². The van der Waals surface area contributed by atoms with Gasteiger partial charge >= 0.3 is 0 Å². The van der Waals surface area contributed by atoms with E-state index < -0.39 is 0 Å². The van der Waals surface area contributed by atoms with Crippen molar-refractivity contribution in [2.75, 3.05) is 7.11 Å². The lowest BCUT2D eigenvalue weighted by molar-refractivity contribution is 0.0963. The van der Waals surface area contributed by atoms with E-state index in [4.69, 9.17) is 21.4 Å². The summed E-state index contributed by atoms with van der Waals surface area (Å²) in [7, 11) is 1.61. The first kappa shape index (κ1) is 16.9. The highest BCUT2D eigenvalue weighted by Crippen LogP contribution is 2.36. The number of nitrogens with zero attached hydrogens (tertiary/aromatic N) is 2. The smallest absolute Gasteiger partial charge is 0.167 e. The minimum Gasteiger partial charge on any atom is -0.494 e. The van der Waals surface area contributed by atoms with E-state index in [9.17, 15) is 4.79 Å². The number of hydrogen-bond donors (Lipinski definition) is 0. The third-order valence-electron chi connectivity index (χ3n) is 4.98. The highest BCUT2D eigenvalue weighted by molar-refractivity contribution is 6.30. The molecule has 0 N–H and O–H groups in total. The van der Waals surface area contributed by atoms with Crippen LogP contribution in [0.5, 0.6) is 5.75 Å². The third-order valence-corrected chi connectivity index (χ3v) is 5.21. The fraction of sp³-hybridized carbons (Fsp3) is 0.238. The molecule has 5 heteroatoms. The molecule has 1 aliphatic carbocycles. The van der Waals surface area contributed by atoms with Crippen molar-refractivity contribution in [3.05, 3.63) is 76.1 Å². The van der Waals surface area contributed by atoms with E-state index in [1.54, 1.807) is 17.9 Å². The van der Waals surface area contributed by atoms with Crippen LogP contribution in [0.3, 0.4) is 0 Å². The molecule has 4 rings (SSSR count). The lowest BCUT2D eigenvalue weighted by Crippen LogP contribution is -2.18. The fourth-order valence-electron chi connectivity index (χ4n) is 3.72. The number of methoxy groups -OCH3 is 1. The van der Waals surface area contributed by atoms with Gasteiger partial charge in [-0.05, 0) is 43.0 Å². The van der Waals surface area contributed by atoms with E-state index in [0.717, 1.165) is 29.1 Å². The Morgan fingerprint density at radius 3 is 2.65 bits per heavy atom. The van der Waals surface area contributed by atoms with Gasteiger partial charge < -0.3 is 4.74 Å². The van der Waals surface area contributed by atoms with Crippen molar-refractivity contribution in [3.8, 4) is 11.4 Å². The second-order valence-electron chi connectivity index (χ2n) is 6.57. The van der Waals surface area contributed by atoms with Gasteiger partial charge in [0.05, 0.1) is 24.1 Å². The lowest BCUT2D eigenvalue weighted by Gasteiger charge is -2.20. The van der Waals surface area contributed by atoms with Crippen LogP contribution in [-0.2, 0) is 6.42 Å². The zero-order chi connectivity index (χ0) is 18.3. The highest BCUT2D eigenvalue weighted by Gasteiger charge is 2.32. The van der Waals surface area contributed by atoms with Gasteiger partial charge in [0.15, 0.2) is 5.78 Å². The number of ketones is 1. The summed E-state index contributed by atoms with van der Waals surface area (Å²) in [5, 5.41) is 5.35. The maximum Gasteiger partial charge on any atom is 0.167 e. The predicted molar refractivity (Wildman–Crippen MR) is 102 cm³/mol. The molecule has 1 unspecified atom stereocenters. The zero-order valence-electron chi connectivity index (χ0n) is 14.7. The normalized spacial score (nSPS) is 16.4. The molecule has 1 aliphatic rings. The Bertz CT molecular complexity index is 979. The van der Waals surface area contributed by atoms with Gasteiger partial charge in [0.25, 0.3) is 0 Å². The Kier molecular flexibility index (Phi) is 4.29. The number of carbonyl (C=O) groups excluding carboxylic acids is 1. The van der Waals surface area contributed by atoms with Crippen LogP contribution >= 0.6 is 11.6 Å². The van der Waals surface area contributed by atoms with Crippen LogP contribution in [0.25, 0.3) is 5.69 Å². The van der Waals surface area contributed by atoms with Crippen molar-refractivity contribution in [3.63, 3.8) is 0 Å². The summed E-state index contributed by atoms with van der Waals surface area (Å²) in [5.41, 5.74) is 4.33. The number of Topliss-reactive ketones (excluding diaryl/α,β-unsaturated/α-hetero) is 1. The average molecular weight is 367 g/mol. The molecule has 0 spiro atoms. The molecule has 0 saturated carbocycles. The van der Waals surface area contributed by atoms with E-state index in [0.29, 0.717) is 17.2 Å². The van der Waals surface area contributed by atoms with Gasteiger partial charge in [-0.3, -0.25) is 4.79 Å². The second kappa shape index (κ2) is 6.61. The van der Waals surface area contributed by atoms with E-state index in [1.807, 2.05) is 37.3 Å². The maximum absolute atomic E-state index is 12.8. The Hall–Kier alpha value is -2.59. The lowest BCUT2D eigenvalue weighted by atomic mass is 9.82. The van der Waals surface area contributed by atoms with E-state index in [1.165, 1.54) is 5.56 Å². The zero-order valence-corrected chi connectivity index (χ0v) is 15.5. The quantitative estimate of drug-likeness (QED) is 0.671. The largest absolute Gasteiger partial charge is 0.494 e. The molecular weight excluding hydrogens is 348 g/mol. The highest BCUT2D eigenvalue weighted by atomic mass is 35.5. The van der Waals surface area contributed by atoms with Crippen molar-refractivity contribution in [1.82, 2.24) is 9.78 Å². The third kappa shape index (κ3) is 2.80. The average Bonchev–Trinajstić information content (AvgIpc) is 2.99. The summed E-state index contributed by atoms with van der Waals surface area (Å²) < 4.78 is 7.23. The van der Waals surface area contributed by atoms with E-state index in [2.05, 4.69) is 12.1 Å². The van der Waals surface area contributed by atoms with Gasteiger partial charge in [-0.15, -0.1) is 0 Å². The van der Waals surface area contributed by atoms with Gasteiger partial charge in [-0.25, -0.2) is 4.68 Å². The molecular formula is C21H19ClN2O2. The van der Waals surface area contributed by atoms with Gasteiger partial charge in [0, 0.05) is 11.4 Å². The number of halogens is 1. The molecule has 0 amide bonds. The summed E-state index contributed by atoms with van der Waals surface area (Å²) in [4.78, 5) is 12.8. The van der Waals surface area contributed by atoms with Gasteiger partial charge in [0.1, 0.15) is 11.4 Å². The minimum absolute atomic E-state index is 0.143. The SMILES string of the molecule is COc1ccc(Cl)cc1-n1nc2c(c1C)C(=O)CC(c1ccccc1)C2. The summed E-state index contributed by atoms with van der Waals surface area (Å²) in [6, 6.07) is 15.6. The molecule has 26 heavy (non-hydrogen) atoms. The number of hydrogen-bond acceptors (Lipinski definition) is 3. The van der Waals surface area contributed by atoms with Crippen LogP contribution in [0.2, 0.25) is 5.02 Å². The standard InChI is InChI=1S/C21H19ClN2O2/c1-13-21-17(10-15(11-19(21)25)14-6-4-3-5-7-14)23-24(13)18-12-16(22)8-9-20(18)26-2/h3-9,12,15H,10-11H2,1-2H3. The van der Waals surface area contributed by atoms with Crippen LogP contribution in [0, 0.1) is 6.92 Å². The molecule has 0 bridgehead atoms. The maximum atomic E-state index is 12.8. The molecule has 132 valence electrons. The topological polar surface area (TPSA) is 44.1 Å². The minimum atomic E-state index is 0.143. The van der Waals surface area contributed by atoms with Crippen LogP contribution in [0.4, 0.5) is 0 Å². The first-order valence-electron chi connectivity index (χ1n) is 8.59. The number of benzene rings is 2. The number of carbonyl (C=O) groups is 1. The molecule has 0 saturated heterocycles. The van der Waals surface area contributed by atoms with Crippen LogP contribution in [0.1, 0.15) is 39.6 Å². The number of ether oxygens (including phenoxy) is 1. The van der Waals surface area contributed by atoms with Crippen LogP contribution < -0.4 is 4.74 Å². The van der Waals surface area contributed by atoms with Crippen molar-refractivity contribution in [1.29, 1.82) is 0 Å². The first-order chi connectivity index (χ1) is 12.6. The van der Waals surface area contributed by atoms with Crippen LogP contribution in [-0.4, -0.2) is 22.7 Å². The summed E-state index contributed by atoms with van der Waals surface area (Å²) in [6.45, 7) is 1.92. The molecule has 0 fully saturated rings. The van der Waals surface area contributed by atoms with Crippen molar-refractivity contribution >= 4 is 17.4 Å². The van der Waals surface area contributed by atoms with Crippen molar-refractivity contribution in [2.45, 2.75) is 25.7 Å². The Morgan fingerprint density at radius 2 is 1.92 bits per heavy atom. The summed E-state index contributed by atoms with van der Waals surface area (Å²) >= 11 is 6.17. The molecule has 0 aliphatic heterocycles. The number of rotatable bonds is 3. The van der Waals surface area contributed by atoms with Gasteiger partial charge in [0.2, 0.25) is 0 Å². The van der Waals surface area contributed by atoms with Gasteiger partial charge in [-0.1, -0.05) is 41.9 Å². The summed E-state index contributed by atoms with van der Waals surface area (Å²) in [6.07, 6.45) is 1.26. The summed E-state index contributed by atoms with van der Waals surface area (Å²) in [5.74, 6) is 0.981. The molecule has 3 aromatic rings. The molecule has 1 aromatic heterocycles. The monoisotopic (exact) mass is 366 g/mol. The first-order valence-corrected chi connectivity index (χ1v) is 8.97. The Morgan fingerprint density at radius 1 is 1.15 bits per heavy atom. The van der Waals surface area contributed by atoms with E-state index >= 15 is 0 Å². The number of fused-ring (bicyclic) bond motifs is 1. The van der Waals surface area contributed by atoms with E-state index in [-0.39, 0.29) is 11.7 Å². The van der Waals surface area contributed by atoms with Crippen molar-refractivity contribution < 1.29 is 9.53 Å². The van der Waals surface area contributed by atoms with Gasteiger partial charge in [-0.2, -0.15) is 5.10 Å². The van der Waals surface area contributed by atoms with Crippen molar-refractivity contribution in [2.24, 2.45) is 0 Å². The number of aromatic nitrogens is 2. The Labute approximate surface area is 157 Å². The second-order valence-corrected chi connectivity index (χ2v) is 7.01. The fourth-order valence-corrected chi connectivity index (χ4v) is 3.89. The Balaban J connectivity index is 1.79. The molecule has 1 atom stereocenters. The molecule has 4 nitrogen and oxygen atoms in total. The molecule has 2 aromatic carbocycles.